The number of hydrogen-bond acceptors (Lipinski definition) is 3. The van der Waals surface area contributed by atoms with Crippen LogP contribution in [0.2, 0.25) is 0 Å². The van der Waals surface area contributed by atoms with E-state index in [4.69, 9.17) is 0 Å². The molecule has 0 unspecified atom stereocenters. The Morgan fingerprint density at radius 3 is 2.57 bits per heavy atom. The summed E-state index contributed by atoms with van der Waals surface area (Å²) in [5, 5.41) is 4.06. The number of amides is 1. The molecule has 0 atom stereocenters. The van der Waals surface area contributed by atoms with Gasteiger partial charge in [0.15, 0.2) is 0 Å². The third-order valence-electron chi connectivity index (χ3n) is 3.84. The van der Waals surface area contributed by atoms with Crippen LogP contribution in [-0.2, 0) is 10.5 Å². The molecule has 1 N–H and O–H groups in total. The molecule has 120 valence electrons. The van der Waals surface area contributed by atoms with Crippen molar-refractivity contribution in [3.63, 3.8) is 0 Å². The Morgan fingerprint density at radius 2 is 1.83 bits per heavy atom. The standard InChI is InChI=1S/C19H22N2OS/c1-14-9-10-18(16(3)15(14)2)11-20-21-19(22)13-23-12-17-7-5-4-6-8-17/h4-11H,12-13H2,1-3H3,(H,21,22)/b20-11-. The van der Waals surface area contributed by atoms with Crippen molar-refractivity contribution in [1.82, 2.24) is 5.43 Å². The number of thioether (sulfide) groups is 1. The van der Waals surface area contributed by atoms with Crippen LogP contribution in [0.15, 0.2) is 47.6 Å². The van der Waals surface area contributed by atoms with Crippen LogP contribution < -0.4 is 5.43 Å². The number of rotatable bonds is 6. The summed E-state index contributed by atoms with van der Waals surface area (Å²) in [6, 6.07) is 14.2. The highest BCUT2D eigenvalue weighted by Crippen LogP contribution is 2.15. The lowest BCUT2D eigenvalue weighted by Gasteiger charge is -2.07. The van der Waals surface area contributed by atoms with E-state index in [0.717, 1.165) is 11.3 Å². The van der Waals surface area contributed by atoms with Gasteiger partial charge in [-0.2, -0.15) is 5.10 Å². The fourth-order valence-corrected chi connectivity index (χ4v) is 2.94. The van der Waals surface area contributed by atoms with Crippen molar-refractivity contribution in [3.8, 4) is 0 Å². The maximum Gasteiger partial charge on any atom is 0.250 e. The van der Waals surface area contributed by atoms with Crippen molar-refractivity contribution in [3.05, 3.63) is 70.3 Å². The van der Waals surface area contributed by atoms with Crippen molar-refractivity contribution in [2.24, 2.45) is 5.10 Å². The summed E-state index contributed by atoms with van der Waals surface area (Å²) in [5.41, 5.74) is 8.57. The van der Waals surface area contributed by atoms with Crippen LogP contribution in [0.3, 0.4) is 0 Å². The second kappa shape index (κ2) is 8.53. The van der Waals surface area contributed by atoms with Gasteiger partial charge in [0.05, 0.1) is 12.0 Å². The fourth-order valence-electron chi connectivity index (χ4n) is 2.16. The molecule has 0 aliphatic carbocycles. The first-order valence-electron chi connectivity index (χ1n) is 7.58. The van der Waals surface area contributed by atoms with E-state index in [2.05, 4.69) is 49.5 Å². The van der Waals surface area contributed by atoms with Gasteiger partial charge in [0.1, 0.15) is 0 Å². The van der Waals surface area contributed by atoms with E-state index in [1.807, 2.05) is 24.3 Å². The van der Waals surface area contributed by atoms with E-state index in [-0.39, 0.29) is 5.91 Å². The van der Waals surface area contributed by atoms with Gasteiger partial charge in [-0.15, -0.1) is 11.8 Å². The summed E-state index contributed by atoms with van der Waals surface area (Å²) in [5.74, 6) is 1.15. The highest BCUT2D eigenvalue weighted by atomic mass is 32.2. The van der Waals surface area contributed by atoms with E-state index < -0.39 is 0 Å². The van der Waals surface area contributed by atoms with Crippen LogP contribution in [-0.4, -0.2) is 17.9 Å². The molecule has 0 spiro atoms. The highest BCUT2D eigenvalue weighted by Gasteiger charge is 2.03. The van der Waals surface area contributed by atoms with Crippen LogP contribution in [0.5, 0.6) is 0 Å². The Kier molecular flexibility index (Phi) is 6.41. The molecule has 0 aliphatic heterocycles. The molecular formula is C19H22N2OS. The average molecular weight is 326 g/mol. The molecule has 0 saturated carbocycles. The van der Waals surface area contributed by atoms with Crippen LogP contribution in [0.1, 0.15) is 27.8 Å². The molecule has 2 aromatic carbocycles. The number of nitrogens with one attached hydrogen (secondary N) is 1. The number of hydrogen-bond donors (Lipinski definition) is 1. The molecule has 0 bridgehead atoms. The summed E-state index contributed by atoms with van der Waals surface area (Å²) >= 11 is 1.58. The Bertz CT molecular complexity index is 696. The third-order valence-corrected chi connectivity index (χ3v) is 4.84. The summed E-state index contributed by atoms with van der Waals surface area (Å²) in [6.07, 6.45) is 1.71. The van der Waals surface area contributed by atoms with Gasteiger partial charge in [-0.3, -0.25) is 4.79 Å². The first-order valence-corrected chi connectivity index (χ1v) is 8.74. The van der Waals surface area contributed by atoms with Gasteiger partial charge in [0, 0.05) is 5.75 Å². The quantitative estimate of drug-likeness (QED) is 0.644. The molecule has 3 nitrogen and oxygen atoms in total. The molecule has 2 rings (SSSR count). The van der Waals surface area contributed by atoms with Crippen molar-refractivity contribution in [1.29, 1.82) is 0 Å². The zero-order chi connectivity index (χ0) is 16.7. The van der Waals surface area contributed by atoms with Crippen LogP contribution >= 0.6 is 11.8 Å². The SMILES string of the molecule is Cc1ccc(/C=N\NC(=O)CSCc2ccccc2)c(C)c1C. The van der Waals surface area contributed by atoms with Gasteiger partial charge in [-0.25, -0.2) is 5.43 Å². The highest BCUT2D eigenvalue weighted by molar-refractivity contribution is 7.99. The minimum Gasteiger partial charge on any atom is -0.272 e. The van der Waals surface area contributed by atoms with E-state index in [9.17, 15) is 4.79 Å². The summed E-state index contributed by atoms with van der Waals surface area (Å²) < 4.78 is 0. The normalized spacial score (nSPS) is 10.9. The number of carbonyl (C=O) groups is 1. The van der Waals surface area contributed by atoms with E-state index in [1.54, 1.807) is 18.0 Å². The minimum atomic E-state index is -0.0799. The van der Waals surface area contributed by atoms with Crippen molar-refractivity contribution < 1.29 is 4.79 Å². The maximum absolute atomic E-state index is 11.8. The molecule has 0 radical (unpaired) electrons. The van der Waals surface area contributed by atoms with Crippen molar-refractivity contribution >= 4 is 23.9 Å². The zero-order valence-electron chi connectivity index (χ0n) is 13.8. The van der Waals surface area contributed by atoms with Gasteiger partial charge in [-0.05, 0) is 48.6 Å². The third kappa shape index (κ3) is 5.25. The number of carbonyl (C=O) groups excluding carboxylic acids is 1. The fraction of sp³-hybridized carbons (Fsp3) is 0.263. The Morgan fingerprint density at radius 1 is 1.09 bits per heavy atom. The lowest BCUT2D eigenvalue weighted by molar-refractivity contribution is -0.118. The maximum atomic E-state index is 11.8. The minimum absolute atomic E-state index is 0.0799. The molecule has 0 heterocycles. The van der Waals surface area contributed by atoms with Gasteiger partial charge < -0.3 is 0 Å². The van der Waals surface area contributed by atoms with Gasteiger partial charge in [0.2, 0.25) is 5.91 Å². The van der Waals surface area contributed by atoms with Crippen molar-refractivity contribution in [2.45, 2.75) is 26.5 Å². The van der Waals surface area contributed by atoms with Crippen LogP contribution in [0.25, 0.3) is 0 Å². The summed E-state index contributed by atoms with van der Waals surface area (Å²) in [4.78, 5) is 11.8. The monoisotopic (exact) mass is 326 g/mol. The number of aryl methyl sites for hydroxylation is 1. The van der Waals surface area contributed by atoms with Gasteiger partial charge in [-0.1, -0.05) is 42.5 Å². The Hall–Kier alpha value is -2.07. The molecule has 23 heavy (non-hydrogen) atoms. The smallest absolute Gasteiger partial charge is 0.250 e. The largest absolute Gasteiger partial charge is 0.272 e. The van der Waals surface area contributed by atoms with Crippen LogP contribution in [0.4, 0.5) is 0 Å². The first kappa shape index (κ1) is 17.3. The number of benzene rings is 2. The molecule has 0 saturated heterocycles. The molecule has 0 aromatic heterocycles. The molecule has 0 fully saturated rings. The average Bonchev–Trinajstić information content (AvgIpc) is 2.56. The lowest BCUT2D eigenvalue weighted by atomic mass is 10.00. The van der Waals surface area contributed by atoms with E-state index in [0.29, 0.717) is 5.75 Å². The van der Waals surface area contributed by atoms with Gasteiger partial charge in [0.25, 0.3) is 0 Å². The molecular weight excluding hydrogens is 304 g/mol. The Balaban J connectivity index is 1.79. The predicted octanol–water partition coefficient (Wildman–Crippen LogP) is 4.00. The number of hydrazone groups is 1. The molecule has 2 aromatic rings. The Labute approximate surface area is 142 Å². The van der Waals surface area contributed by atoms with Gasteiger partial charge >= 0.3 is 0 Å². The topological polar surface area (TPSA) is 41.5 Å². The first-order chi connectivity index (χ1) is 11.1. The predicted molar refractivity (Wildman–Crippen MR) is 99.0 cm³/mol. The van der Waals surface area contributed by atoms with E-state index >= 15 is 0 Å². The molecule has 0 aliphatic rings. The van der Waals surface area contributed by atoms with E-state index in [1.165, 1.54) is 22.3 Å². The summed E-state index contributed by atoms with van der Waals surface area (Å²) in [6.45, 7) is 6.26. The lowest BCUT2D eigenvalue weighted by Crippen LogP contribution is -2.19. The van der Waals surface area contributed by atoms with Crippen molar-refractivity contribution in [2.75, 3.05) is 5.75 Å². The summed E-state index contributed by atoms with van der Waals surface area (Å²) in [7, 11) is 0. The van der Waals surface area contributed by atoms with Crippen LogP contribution in [0, 0.1) is 20.8 Å². The zero-order valence-corrected chi connectivity index (χ0v) is 14.6. The second-order valence-corrected chi connectivity index (χ2v) is 6.48. The molecule has 4 heteroatoms. The second-order valence-electron chi connectivity index (χ2n) is 5.49. The number of nitrogens with zero attached hydrogens (tertiary/aromatic N) is 1. The molecule has 1 amide bonds.